The van der Waals surface area contributed by atoms with E-state index in [0.717, 1.165) is 16.3 Å². The summed E-state index contributed by atoms with van der Waals surface area (Å²) in [5.41, 5.74) is 4.19. The van der Waals surface area contributed by atoms with Crippen molar-refractivity contribution in [3.63, 3.8) is 0 Å². The average molecular weight is 319 g/mol. The molecule has 22 heavy (non-hydrogen) atoms. The Labute approximate surface area is 132 Å². The first kappa shape index (κ1) is 16.0. The van der Waals surface area contributed by atoms with Crippen molar-refractivity contribution in [1.29, 1.82) is 0 Å². The maximum absolute atomic E-state index is 11.7. The van der Waals surface area contributed by atoms with Gasteiger partial charge in [0.1, 0.15) is 5.01 Å². The van der Waals surface area contributed by atoms with Gasteiger partial charge in [-0.15, -0.1) is 11.3 Å². The number of hydrogen-bond donors (Lipinski definition) is 1. The minimum atomic E-state index is -0.203. The monoisotopic (exact) mass is 319 g/mol. The summed E-state index contributed by atoms with van der Waals surface area (Å²) >= 11 is 1.46. The van der Waals surface area contributed by atoms with E-state index in [1.165, 1.54) is 11.3 Å². The fraction of sp³-hybridized carbons (Fsp3) is 0.267. The van der Waals surface area contributed by atoms with Crippen LogP contribution in [0, 0.1) is 6.92 Å². The lowest BCUT2D eigenvalue weighted by atomic mass is 10.2. The van der Waals surface area contributed by atoms with Crippen molar-refractivity contribution in [3.05, 3.63) is 39.8 Å². The highest BCUT2D eigenvalue weighted by molar-refractivity contribution is 7.09. The number of carbonyl (C=O) groups excluding carboxylic acids is 1. The number of carbonyl (C=O) groups is 1. The summed E-state index contributed by atoms with van der Waals surface area (Å²) in [4.78, 5) is 16.0. The van der Waals surface area contributed by atoms with Gasteiger partial charge in [-0.2, -0.15) is 5.10 Å². The van der Waals surface area contributed by atoms with Crippen LogP contribution in [0.1, 0.15) is 16.3 Å². The third kappa shape index (κ3) is 4.29. The standard InChI is InChI=1S/C15H17N3O3S/c1-10-9-22-15(17-10)7-14(19)18-16-8-11-4-5-12(20-2)13(6-11)21-3/h4-6,8-9H,7H2,1-3H3,(H,18,19)/b16-8-. The lowest BCUT2D eigenvalue weighted by Gasteiger charge is -2.07. The molecule has 0 aliphatic carbocycles. The number of methoxy groups -OCH3 is 2. The Morgan fingerprint density at radius 1 is 1.36 bits per heavy atom. The van der Waals surface area contributed by atoms with E-state index in [2.05, 4.69) is 15.5 Å². The fourth-order valence-electron chi connectivity index (χ4n) is 1.77. The highest BCUT2D eigenvalue weighted by Crippen LogP contribution is 2.26. The molecule has 1 aromatic heterocycles. The zero-order chi connectivity index (χ0) is 15.9. The van der Waals surface area contributed by atoms with Gasteiger partial charge in [0, 0.05) is 11.1 Å². The van der Waals surface area contributed by atoms with Gasteiger partial charge in [-0.05, 0) is 30.7 Å². The van der Waals surface area contributed by atoms with Crippen LogP contribution in [-0.2, 0) is 11.2 Å². The van der Waals surface area contributed by atoms with Crippen LogP contribution in [0.4, 0.5) is 0 Å². The first-order valence-electron chi connectivity index (χ1n) is 6.57. The van der Waals surface area contributed by atoms with Crippen molar-refractivity contribution in [2.75, 3.05) is 14.2 Å². The van der Waals surface area contributed by atoms with E-state index in [4.69, 9.17) is 9.47 Å². The molecule has 0 spiro atoms. The number of hydrogen-bond acceptors (Lipinski definition) is 6. The quantitative estimate of drug-likeness (QED) is 0.654. The third-order valence-electron chi connectivity index (χ3n) is 2.79. The van der Waals surface area contributed by atoms with Gasteiger partial charge < -0.3 is 9.47 Å². The van der Waals surface area contributed by atoms with Crippen molar-refractivity contribution < 1.29 is 14.3 Å². The molecule has 1 amide bonds. The zero-order valence-electron chi connectivity index (χ0n) is 12.6. The molecule has 0 atom stereocenters. The van der Waals surface area contributed by atoms with Crippen LogP contribution in [0.3, 0.4) is 0 Å². The van der Waals surface area contributed by atoms with Gasteiger partial charge in [0.05, 0.1) is 26.9 Å². The minimum Gasteiger partial charge on any atom is -0.493 e. The van der Waals surface area contributed by atoms with Gasteiger partial charge in [-0.3, -0.25) is 4.79 Å². The smallest absolute Gasteiger partial charge is 0.246 e. The largest absolute Gasteiger partial charge is 0.493 e. The van der Waals surface area contributed by atoms with Crippen molar-refractivity contribution in [2.45, 2.75) is 13.3 Å². The van der Waals surface area contributed by atoms with Gasteiger partial charge >= 0.3 is 0 Å². The SMILES string of the molecule is COc1ccc(/C=N\NC(=O)Cc2nc(C)cs2)cc1OC. The van der Waals surface area contributed by atoms with E-state index in [-0.39, 0.29) is 12.3 Å². The lowest BCUT2D eigenvalue weighted by molar-refractivity contribution is -0.120. The predicted molar refractivity (Wildman–Crippen MR) is 85.8 cm³/mol. The van der Waals surface area contributed by atoms with Crippen LogP contribution in [-0.4, -0.2) is 31.3 Å². The molecule has 116 valence electrons. The second-order valence-corrected chi connectivity index (χ2v) is 5.41. The number of amides is 1. The zero-order valence-corrected chi connectivity index (χ0v) is 13.4. The van der Waals surface area contributed by atoms with Crippen molar-refractivity contribution >= 4 is 23.5 Å². The van der Waals surface area contributed by atoms with Gasteiger partial charge in [0.15, 0.2) is 11.5 Å². The molecule has 2 rings (SSSR count). The Morgan fingerprint density at radius 3 is 2.77 bits per heavy atom. The maximum atomic E-state index is 11.7. The summed E-state index contributed by atoms with van der Waals surface area (Å²) in [6.07, 6.45) is 1.77. The Morgan fingerprint density at radius 2 is 2.14 bits per heavy atom. The van der Waals surface area contributed by atoms with Crippen LogP contribution >= 0.6 is 11.3 Å². The van der Waals surface area contributed by atoms with Gasteiger partial charge in [0.25, 0.3) is 0 Å². The first-order chi connectivity index (χ1) is 10.6. The lowest BCUT2D eigenvalue weighted by Crippen LogP contribution is -2.19. The molecule has 1 aromatic carbocycles. The van der Waals surface area contributed by atoms with Gasteiger partial charge in [-0.25, -0.2) is 10.4 Å². The Kier molecular flexibility index (Phi) is 5.48. The summed E-state index contributed by atoms with van der Waals surface area (Å²) in [5, 5.41) is 6.62. The second kappa shape index (κ2) is 7.56. The number of ether oxygens (including phenoxy) is 2. The Bertz CT molecular complexity index is 682. The third-order valence-corrected chi connectivity index (χ3v) is 3.76. The van der Waals surface area contributed by atoms with Crippen molar-refractivity contribution in [3.8, 4) is 11.5 Å². The van der Waals surface area contributed by atoms with Gasteiger partial charge in [-0.1, -0.05) is 0 Å². The number of nitrogens with zero attached hydrogens (tertiary/aromatic N) is 2. The molecular formula is C15H17N3O3S. The topological polar surface area (TPSA) is 72.8 Å². The molecule has 0 aliphatic heterocycles. The maximum Gasteiger partial charge on any atom is 0.246 e. The number of aromatic nitrogens is 1. The fourth-order valence-corrected chi connectivity index (χ4v) is 2.54. The number of thiazole rings is 1. The first-order valence-corrected chi connectivity index (χ1v) is 7.45. The highest BCUT2D eigenvalue weighted by atomic mass is 32.1. The van der Waals surface area contributed by atoms with E-state index in [1.54, 1.807) is 32.6 Å². The van der Waals surface area contributed by atoms with E-state index >= 15 is 0 Å². The normalized spacial score (nSPS) is 10.7. The van der Waals surface area contributed by atoms with E-state index in [9.17, 15) is 4.79 Å². The van der Waals surface area contributed by atoms with Crippen LogP contribution in [0.5, 0.6) is 11.5 Å². The van der Waals surface area contributed by atoms with E-state index in [1.807, 2.05) is 18.4 Å². The molecule has 6 nitrogen and oxygen atoms in total. The minimum absolute atomic E-state index is 0.203. The molecule has 0 saturated carbocycles. The van der Waals surface area contributed by atoms with E-state index in [0.29, 0.717) is 11.5 Å². The van der Waals surface area contributed by atoms with Crippen molar-refractivity contribution in [2.24, 2.45) is 5.10 Å². The highest BCUT2D eigenvalue weighted by Gasteiger charge is 2.06. The average Bonchev–Trinajstić information content (AvgIpc) is 2.92. The molecule has 0 aliphatic rings. The summed E-state index contributed by atoms with van der Waals surface area (Å²) in [6, 6.07) is 5.38. The van der Waals surface area contributed by atoms with Gasteiger partial charge in [0.2, 0.25) is 5.91 Å². The number of nitrogens with one attached hydrogen (secondary N) is 1. The summed E-state index contributed by atoms with van der Waals surface area (Å²) in [6.45, 7) is 1.90. The Balaban J connectivity index is 1.93. The number of aryl methyl sites for hydroxylation is 1. The number of benzene rings is 1. The Hall–Kier alpha value is -2.41. The van der Waals surface area contributed by atoms with E-state index < -0.39 is 0 Å². The molecule has 1 heterocycles. The molecule has 7 heteroatoms. The number of hydrazone groups is 1. The molecule has 0 saturated heterocycles. The molecule has 1 N–H and O–H groups in total. The van der Waals surface area contributed by atoms with Crippen LogP contribution < -0.4 is 14.9 Å². The van der Waals surface area contributed by atoms with Crippen LogP contribution in [0.2, 0.25) is 0 Å². The molecular weight excluding hydrogens is 302 g/mol. The van der Waals surface area contributed by atoms with Crippen molar-refractivity contribution in [1.82, 2.24) is 10.4 Å². The van der Waals surface area contributed by atoms with Crippen LogP contribution in [0.25, 0.3) is 0 Å². The molecule has 0 bridgehead atoms. The summed E-state index contributed by atoms with van der Waals surface area (Å²) in [7, 11) is 3.14. The predicted octanol–water partition coefficient (Wildman–Crippen LogP) is 2.16. The summed E-state index contributed by atoms with van der Waals surface area (Å²) < 4.78 is 10.4. The number of rotatable bonds is 6. The molecule has 0 fully saturated rings. The second-order valence-electron chi connectivity index (χ2n) is 4.47. The van der Waals surface area contributed by atoms with Crippen LogP contribution in [0.15, 0.2) is 28.7 Å². The molecule has 2 aromatic rings. The summed E-state index contributed by atoms with van der Waals surface area (Å²) in [5.74, 6) is 1.05. The molecule has 0 unspecified atom stereocenters. The molecule has 0 radical (unpaired) electrons.